The molecule has 17 heavy (non-hydrogen) atoms. The Morgan fingerprint density at radius 3 is 2.88 bits per heavy atom. The number of phenolic OH excluding ortho intramolecular Hbond substituents is 1. The number of aromatic hydroxyl groups is 1. The molecule has 0 saturated carbocycles. The van der Waals surface area contributed by atoms with Gasteiger partial charge in [0, 0.05) is 11.8 Å². The minimum atomic E-state index is -0.752. The minimum absolute atomic E-state index is 0.214. The number of carbonyl (C=O) groups is 1. The quantitative estimate of drug-likeness (QED) is 0.824. The summed E-state index contributed by atoms with van der Waals surface area (Å²) >= 11 is 1.52. The number of halogens is 1. The number of phenols is 1. The number of nitrogens with one attached hydrogen (secondary N) is 1. The maximum absolute atomic E-state index is 13.0. The van der Waals surface area contributed by atoms with E-state index in [-0.39, 0.29) is 12.3 Å². The van der Waals surface area contributed by atoms with Crippen LogP contribution in [0.2, 0.25) is 0 Å². The minimum Gasteiger partial charge on any atom is -0.505 e. The summed E-state index contributed by atoms with van der Waals surface area (Å²) in [6.07, 6.45) is 0.256. The zero-order chi connectivity index (χ0) is 12.3. The molecule has 5 heteroatoms. The number of hydrogen-bond donors (Lipinski definition) is 2. The van der Waals surface area contributed by atoms with Crippen molar-refractivity contribution < 1.29 is 14.3 Å². The van der Waals surface area contributed by atoms with Crippen LogP contribution in [0.4, 0.5) is 10.1 Å². The Morgan fingerprint density at radius 2 is 2.24 bits per heavy atom. The van der Waals surface area contributed by atoms with Crippen LogP contribution in [-0.2, 0) is 11.2 Å². The molecule has 0 bridgehead atoms. The van der Waals surface area contributed by atoms with Crippen LogP contribution in [0.3, 0.4) is 0 Å². The molecule has 88 valence electrons. The van der Waals surface area contributed by atoms with E-state index >= 15 is 0 Å². The molecule has 0 saturated heterocycles. The highest BCUT2D eigenvalue weighted by molar-refractivity contribution is 7.08. The van der Waals surface area contributed by atoms with Crippen LogP contribution in [-0.4, -0.2) is 11.0 Å². The first-order valence-electron chi connectivity index (χ1n) is 4.94. The van der Waals surface area contributed by atoms with E-state index in [0.29, 0.717) is 5.69 Å². The molecular weight excluding hydrogens is 241 g/mol. The molecule has 0 radical (unpaired) electrons. The van der Waals surface area contributed by atoms with Gasteiger partial charge in [-0.15, -0.1) is 0 Å². The Hall–Kier alpha value is -1.88. The lowest BCUT2D eigenvalue weighted by Gasteiger charge is -2.05. The molecule has 0 atom stereocenters. The standard InChI is InChI=1S/C12H10FNO2S/c13-10-6-9(1-2-11(10)15)14-12(16)5-8-3-4-17-7-8/h1-4,6-7,15H,5H2,(H,14,16). The third-order valence-corrected chi connectivity index (χ3v) is 2.91. The zero-order valence-electron chi connectivity index (χ0n) is 8.81. The fourth-order valence-electron chi connectivity index (χ4n) is 1.37. The normalized spacial score (nSPS) is 10.2. The van der Waals surface area contributed by atoms with Gasteiger partial charge in [0.1, 0.15) is 0 Å². The van der Waals surface area contributed by atoms with Crippen LogP contribution in [0.15, 0.2) is 35.0 Å². The van der Waals surface area contributed by atoms with Gasteiger partial charge in [-0.25, -0.2) is 4.39 Å². The van der Waals surface area contributed by atoms with E-state index in [2.05, 4.69) is 5.32 Å². The molecule has 1 amide bonds. The third-order valence-electron chi connectivity index (χ3n) is 2.18. The number of thiophene rings is 1. The summed E-state index contributed by atoms with van der Waals surface area (Å²) in [5, 5.41) is 15.3. The SMILES string of the molecule is O=C(Cc1ccsc1)Nc1ccc(O)c(F)c1. The van der Waals surface area contributed by atoms with Crippen LogP contribution < -0.4 is 5.32 Å². The summed E-state index contributed by atoms with van der Waals surface area (Å²) in [5.74, 6) is -1.40. The number of anilines is 1. The fourth-order valence-corrected chi connectivity index (χ4v) is 2.04. The van der Waals surface area contributed by atoms with Crippen molar-refractivity contribution >= 4 is 22.9 Å². The van der Waals surface area contributed by atoms with Crippen molar-refractivity contribution in [3.8, 4) is 5.75 Å². The van der Waals surface area contributed by atoms with Gasteiger partial charge in [0.05, 0.1) is 6.42 Å². The van der Waals surface area contributed by atoms with Crippen molar-refractivity contribution in [2.45, 2.75) is 6.42 Å². The topological polar surface area (TPSA) is 49.3 Å². The lowest BCUT2D eigenvalue weighted by Crippen LogP contribution is -2.13. The van der Waals surface area contributed by atoms with E-state index in [4.69, 9.17) is 5.11 Å². The van der Waals surface area contributed by atoms with Gasteiger partial charge in [0.2, 0.25) is 5.91 Å². The average Bonchev–Trinajstić information content (AvgIpc) is 2.76. The first kappa shape index (κ1) is 11.6. The number of hydrogen-bond acceptors (Lipinski definition) is 3. The third kappa shape index (κ3) is 3.04. The van der Waals surface area contributed by atoms with Crippen molar-refractivity contribution in [1.82, 2.24) is 0 Å². The highest BCUT2D eigenvalue weighted by Crippen LogP contribution is 2.19. The van der Waals surface area contributed by atoms with E-state index in [1.165, 1.54) is 23.5 Å². The molecule has 2 aromatic rings. The summed E-state index contributed by atoms with van der Waals surface area (Å²) in [4.78, 5) is 11.6. The predicted molar refractivity (Wildman–Crippen MR) is 64.7 cm³/mol. The van der Waals surface area contributed by atoms with Crippen LogP contribution in [0.1, 0.15) is 5.56 Å². The largest absolute Gasteiger partial charge is 0.505 e. The number of amides is 1. The molecule has 0 aliphatic heterocycles. The first-order chi connectivity index (χ1) is 8.15. The predicted octanol–water partition coefficient (Wildman–Crippen LogP) is 2.77. The molecule has 1 aromatic carbocycles. The smallest absolute Gasteiger partial charge is 0.228 e. The highest BCUT2D eigenvalue weighted by atomic mass is 32.1. The lowest BCUT2D eigenvalue weighted by molar-refractivity contribution is -0.115. The fraction of sp³-hybridized carbons (Fsp3) is 0.0833. The van der Waals surface area contributed by atoms with E-state index in [9.17, 15) is 9.18 Å². The summed E-state index contributed by atoms with van der Waals surface area (Å²) in [5.41, 5.74) is 1.26. The molecule has 0 fully saturated rings. The molecule has 1 aromatic heterocycles. The van der Waals surface area contributed by atoms with Gasteiger partial charge in [-0.05, 0) is 34.5 Å². The van der Waals surface area contributed by atoms with Gasteiger partial charge < -0.3 is 10.4 Å². The van der Waals surface area contributed by atoms with Crippen LogP contribution in [0.25, 0.3) is 0 Å². The molecule has 0 unspecified atom stereocenters. The first-order valence-corrected chi connectivity index (χ1v) is 5.89. The van der Waals surface area contributed by atoms with Crippen molar-refractivity contribution in [3.05, 3.63) is 46.4 Å². The number of carbonyl (C=O) groups excluding carboxylic acids is 1. The van der Waals surface area contributed by atoms with Gasteiger partial charge in [0.25, 0.3) is 0 Å². The summed E-state index contributed by atoms with van der Waals surface area (Å²) in [6, 6.07) is 5.60. The Bertz CT molecular complexity index is 525. The maximum Gasteiger partial charge on any atom is 0.228 e. The Labute approximate surface area is 102 Å². The molecule has 0 spiro atoms. The van der Waals surface area contributed by atoms with E-state index in [0.717, 1.165) is 11.6 Å². The van der Waals surface area contributed by atoms with Gasteiger partial charge >= 0.3 is 0 Å². The van der Waals surface area contributed by atoms with Crippen molar-refractivity contribution in [3.63, 3.8) is 0 Å². The van der Waals surface area contributed by atoms with E-state index < -0.39 is 11.6 Å². The number of benzene rings is 1. The van der Waals surface area contributed by atoms with Crippen LogP contribution in [0, 0.1) is 5.82 Å². The Morgan fingerprint density at radius 1 is 1.41 bits per heavy atom. The molecule has 1 heterocycles. The van der Waals surface area contributed by atoms with Crippen molar-refractivity contribution in [2.75, 3.05) is 5.32 Å². The van der Waals surface area contributed by atoms with Gasteiger partial charge in [-0.2, -0.15) is 11.3 Å². The second-order valence-electron chi connectivity index (χ2n) is 3.52. The highest BCUT2D eigenvalue weighted by Gasteiger charge is 2.06. The van der Waals surface area contributed by atoms with E-state index in [1.807, 2.05) is 16.8 Å². The molecule has 2 rings (SSSR count). The molecule has 3 nitrogen and oxygen atoms in total. The monoisotopic (exact) mass is 251 g/mol. The van der Waals surface area contributed by atoms with Gasteiger partial charge in [0.15, 0.2) is 11.6 Å². The Kier molecular flexibility index (Phi) is 3.39. The van der Waals surface area contributed by atoms with Crippen molar-refractivity contribution in [2.24, 2.45) is 0 Å². The average molecular weight is 251 g/mol. The second kappa shape index (κ2) is 4.97. The molecule has 0 aliphatic rings. The zero-order valence-corrected chi connectivity index (χ0v) is 9.63. The molecule has 2 N–H and O–H groups in total. The van der Waals surface area contributed by atoms with E-state index in [1.54, 1.807) is 0 Å². The van der Waals surface area contributed by atoms with Crippen LogP contribution >= 0.6 is 11.3 Å². The number of rotatable bonds is 3. The summed E-state index contributed by atoms with van der Waals surface area (Å²) in [7, 11) is 0. The maximum atomic E-state index is 13.0. The van der Waals surface area contributed by atoms with Gasteiger partial charge in [-0.3, -0.25) is 4.79 Å². The van der Waals surface area contributed by atoms with Crippen molar-refractivity contribution in [1.29, 1.82) is 0 Å². The lowest BCUT2D eigenvalue weighted by atomic mass is 10.2. The molecular formula is C12H10FNO2S. The second-order valence-corrected chi connectivity index (χ2v) is 4.30. The Balaban J connectivity index is 2.00. The van der Waals surface area contributed by atoms with Gasteiger partial charge in [-0.1, -0.05) is 0 Å². The summed E-state index contributed by atoms with van der Waals surface area (Å²) < 4.78 is 13.0. The summed E-state index contributed by atoms with van der Waals surface area (Å²) in [6.45, 7) is 0. The van der Waals surface area contributed by atoms with Crippen LogP contribution in [0.5, 0.6) is 5.75 Å². The molecule has 0 aliphatic carbocycles.